The van der Waals surface area contributed by atoms with Gasteiger partial charge in [0, 0.05) is 24.6 Å². The molecule has 186 valence electrons. The fourth-order valence-corrected chi connectivity index (χ4v) is 5.18. The fraction of sp³-hybridized carbons (Fsp3) is 0.333. The number of benzene rings is 2. The summed E-state index contributed by atoms with van der Waals surface area (Å²) in [7, 11) is 0. The van der Waals surface area contributed by atoms with E-state index in [1.807, 2.05) is 44.3 Å². The average Bonchev–Trinajstić information content (AvgIpc) is 3.14. The number of aryl methyl sites for hydroxylation is 2. The molecule has 3 amide bonds. The van der Waals surface area contributed by atoms with Crippen molar-refractivity contribution in [3.8, 4) is 0 Å². The van der Waals surface area contributed by atoms with Crippen LogP contribution in [0.4, 0.5) is 5.69 Å². The summed E-state index contributed by atoms with van der Waals surface area (Å²) in [5, 5.41) is 0. The fourth-order valence-electron chi connectivity index (χ4n) is 5.18. The van der Waals surface area contributed by atoms with E-state index in [0.29, 0.717) is 23.6 Å². The summed E-state index contributed by atoms with van der Waals surface area (Å²) in [6.07, 6.45) is 6.35. The zero-order chi connectivity index (χ0) is 25.8. The van der Waals surface area contributed by atoms with Crippen molar-refractivity contribution < 1.29 is 14.4 Å². The van der Waals surface area contributed by atoms with Gasteiger partial charge in [-0.1, -0.05) is 43.3 Å². The lowest BCUT2D eigenvalue weighted by Gasteiger charge is -2.32. The number of pyridine rings is 1. The van der Waals surface area contributed by atoms with Crippen LogP contribution in [0.5, 0.6) is 0 Å². The van der Waals surface area contributed by atoms with Crippen LogP contribution in [0, 0.1) is 13.8 Å². The van der Waals surface area contributed by atoms with Crippen molar-refractivity contribution in [2.45, 2.75) is 58.9 Å². The van der Waals surface area contributed by atoms with Crippen molar-refractivity contribution >= 4 is 23.4 Å². The van der Waals surface area contributed by atoms with E-state index in [9.17, 15) is 14.4 Å². The molecule has 0 N–H and O–H groups in total. The molecule has 2 aromatic carbocycles. The number of fused-ring (bicyclic) bond motifs is 1. The Morgan fingerprint density at radius 1 is 0.944 bits per heavy atom. The molecule has 0 fully saturated rings. The van der Waals surface area contributed by atoms with Gasteiger partial charge in [-0.25, -0.2) is 0 Å². The SMILES string of the molecule is CCC(CCCN(C(=O)C(C)N1C(=O)c2ccccc2C1=O)c1c(C)cccc1C)c1cccnc1. The van der Waals surface area contributed by atoms with E-state index in [1.54, 1.807) is 42.3 Å². The number of rotatable bonds is 9. The molecule has 0 aliphatic carbocycles. The number of para-hydroxylation sites is 1. The second-order valence-corrected chi connectivity index (χ2v) is 9.47. The Morgan fingerprint density at radius 2 is 1.58 bits per heavy atom. The molecule has 1 aromatic heterocycles. The van der Waals surface area contributed by atoms with Crippen molar-refractivity contribution in [2.75, 3.05) is 11.4 Å². The molecule has 0 bridgehead atoms. The number of aromatic nitrogens is 1. The Morgan fingerprint density at radius 3 is 2.14 bits per heavy atom. The van der Waals surface area contributed by atoms with Gasteiger partial charge in [-0.15, -0.1) is 0 Å². The van der Waals surface area contributed by atoms with E-state index in [-0.39, 0.29) is 5.91 Å². The molecule has 2 unspecified atom stereocenters. The van der Waals surface area contributed by atoms with Gasteiger partial charge in [0.25, 0.3) is 11.8 Å². The maximum Gasteiger partial charge on any atom is 0.262 e. The number of anilines is 1. The summed E-state index contributed by atoms with van der Waals surface area (Å²) in [4.78, 5) is 47.3. The summed E-state index contributed by atoms with van der Waals surface area (Å²) >= 11 is 0. The van der Waals surface area contributed by atoms with Crippen LogP contribution in [0.3, 0.4) is 0 Å². The van der Waals surface area contributed by atoms with Crippen molar-refractivity contribution in [2.24, 2.45) is 0 Å². The van der Waals surface area contributed by atoms with Gasteiger partial charge in [-0.3, -0.25) is 24.3 Å². The van der Waals surface area contributed by atoms with Gasteiger partial charge in [0.2, 0.25) is 5.91 Å². The first-order valence-electron chi connectivity index (χ1n) is 12.6. The second-order valence-electron chi connectivity index (χ2n) is 9.47. The molecule has 1 aliphatic rings. The molecule has 36 heavy (non-hydrogen) atoms. The van der Waals surface area contributed by atoms with E-state index in [1.165, 1.54) is 5.56 Å². The molecule has 3 aromatic rings. The van der Waals surface area contributed by atoms with E-state index in [2.05, 4.69) is 18.0 Å². The average molecular weight is 484 g/mol. The lowest BCUT2D eigenvalue weighted by Crippen LogP contribution is -2.50. The molecular weight excluding hydrogens is 450 g/mol. The molecule has 0 spiro atoms. The summed E-state index contributed by atoms with van der Waals surface area (Å²) in [5.41, 5.74) is 4.71. The van der Waals surface area contributed by atoms with Crippen LogP contribution in [-0.2, 0) is 4.79 Å². The van der Waals surface area contributed by atoms with E-state index in [0.717, 1.165) is 41.0 Å². The molecule has 6 nitrogen and oxygen atoms in total. The maximum absolute atomic E-state index is 14.0. The molecular formula is C30H33N3O3. The minimum absolute atomic E-state index is 0.253. The highest BCUT2D eigenvalue weighted by Crippen LogP contribution is 2.30. The normalized spacial score (nSPS) is 14.5. The van der Waals surface area contributed by atoms with Gasteiger partial charge < -0.3 is 4.90 Å². The number of nitrogens with zero attached hydrogens (tertiary/aromatic N) is 3. The van der Waals surface area contributed by atoms with Gasteiger partial charge in [0.15, 0.2) is 0 Å². The summed E-state index contributed by atoms with van der Waals surface area (Å²) in [6.45, 7) is 8.28. The highest BCUT2D eigenvalue weighted by molar-refractivity contribution is 6.23. The largest absolute Gasteiger partial charge is 0.310 e. The smallest absolute Gasteiger partial charge is 0.262 e. The standard InChI is InChI=1S/C30H33N3O3/c1-5-23(24-13-9-17-31-19-24)14-10-18-32(27-20(2)11-8-12-21(27)3)28(34)22(4)33-29(35)25-15-6-7-16-26(25)30(33)36/h6-9,11-13,15-17,19,22-23H,5,10,14,18H2,1-4H3. The summed E-state index contributed by atoms with van der Waals surface area (Å²) < 4.78 is 0. The van der Waals surface area contributed by atoms with Crippen LogP contribution in [0.1, 0.15) is 76.4 Å². The Bertz CT molecular complexity index is 1220. The number of hydrogen-bond acceptors (Lipinski definition) is 4. The minimum atomic E-state index is -0.920. The molecule has 1 aliphatic heterocycles. The summed E-state index contributed by atoms with van der Waals surface area (Å²) in [6, 6.07) is 15.8. The molecule has 4 rings (SSSR count). The van der Waals surface area contributed by atoms with Gasteiger partial charge in [0.1, 0.15) is 6.04 Å². The molecule has 6 heteroatoms. The third-order valence-corrected chi connectivity index (χ3v) is 7.13. The Hall–Kier alpha value is -3.80. The van der Waals surface area contributed by atoms with Gasteiger partial charge in [0.05, 0.1) is 11.1 Å². The topological polar surface area (TPSA) is 70.6 Å². The van der Waals surface area contributed by atoms with E-state index in [4.69, 9.17) is 0 Å². The molecule has 2 atom stereocenters. The first-order valence-corrected chi connectivity index (χ1v) is 12.6. The van der Waals surface area contributed by atoms with Crippen molar-refractivity contribution in [3.63, 3.8) is 0 Å². The van der Waals surface area contributed by atoms with Gasteiger partial charge in [-0.05, 0) is 80.8 Å². The predicted octanol–water partition coefficient (Wildman–Crippen LogP) is 5.69. The third-order valence-electron chi connectivity index (χ3n) is 7.13. The second kappa shape index (κ2) is 10.9. The summed E-state index contributed by atoms with van der Waals surface area (Å²) in [5.74, 6) is -0.736. The lowest BCUT2D eigenvalue weighted by molar-refractivity contribution is -0.122. The minimum Gasteiger partial charge on any atom is -0.310 e. The van der Waals surface area contributed by atoms with E-state index < -0.39 is 17.9 Å². The molecule has 0 saturated heterocycles. The molecule has 0 radical (unpaired) electrons. The maximum atomic E-state index is 14.0. The zero-order valence-electron chi connectivity index (χ0n) is 21.4. The third kappa shape index (κ3) is 4.81. The van der Waals surface area contributed by atoms with Gasteiger partial charge >= 0.3 is 0 Å². The quantitative estimate of drug-likeness (QED) is 0.367. The number of carbonyl (C=O) groups is 3. The van der Waals surface area contributed by atoms with Crippen LogP contribution in [-0.4, -0.2) is 40.2 Å². The number of hydrogen-bond donors (Lipinski definition) is 0. The number of carbonyl (C=O) groups excluding carboxylic acids is 3. The number of imide groups is 1. The van der Waals surface area contributed by atoms with Crippen LogP contribution < -0.4 is 4.90 Å². The lowest BCUT2D eigenvalue weighted by atomic mass is 9.93. The molecule has 0 saturated carbocycles. The van der Waals surface area contributed by atoms with Crippen LogP contribution in [0.2, 0.25) is 0 Å². The van der Waals surface area contributed by atoms with Crippen LogP contribution >= 0.6 is 0 Å². The van der Waals surface area contributed by atoms with Crippen LogP contribution in [0.15, 0.2) is 67.0 Å². The van der Waals surface area contributed by atoms with Crippen molar-refractivity contribution in [3.05, 3.63) is 94.8 Å². The predicted molar refractivity (Wildman–Crippen MR) is 141 cm³/mol. The first kappa shape index (κ1) is 25.3. The Balaban J connectivity index is 1.59. The van der Waals surface area contributed by atoms with Crippen molar-refractivity contribution in [1.82, 2.24) is 9.88 Å². The van der Waals surface area contributed by atoms with E-state index >= 15 is 0 Å². The van der Waals surface area contributed by atoms with Gasteiger partial charge in [-0.2, -0.15) is 0 Å². The zero-order valence-corrected chi connectivity index (χ0v) is 21.4. The Labute approximate surface area is 213 Å². The number of amides is 3. The monoisotopic (exact) mass is 483 g/mol. The molecule has 2 heterocycles. The first-order chi connectivity index (χ1) is 17.3. The van der Waals surface area contributed by atoms with Crippen LogP contribution in [0.25, 0.3) is 0 Å². The van der Waals surface area contributed by atoms with Crippen molar-refractivity contribution in [1.29, 1.82) is 0 Å². The highest BCUT2D eigenvalue weighted by Gasteiger charge is 2.42. The highest BCUT2D eigenvalue weighted by atomic mass is 16.2. The Kier molecular flexibility index (Phi) is 7.63.